The number of carbonyl (C=O) groups is 1. The van der Waals surface area contributed by atoms with Crippen LogP contribution in [-0.4, -0.2) is 44.4 Å². The van der Waals surface area contributed by atoms with E-state index in [-0.39, 0.29) is 18.7 Å². The Labute approximate surface area is 193 Å². The molecule has 4 aromatic rings. The van der Waals surface area contributed by atoms with Crippen molar-refractivity contribution in [2.45, 2.75) is 12.1 Å². The number of methoxy groups -OCH3 is 1. The van der Waals surface area contributed by atoms with E-state index in [1.807, 2.05) is 18.2 Å². The van der Waals surface area contributed by atoms with Gasteiger partial charge in [0, 0.05) is 23.1 Å². The van der Waals surface area contributed by atoms with Gasteiger partial charge in [0.05, 0.1) is 31.4 Å². The smallest absolute Gasteiger partial charge is 0.244 e. The maximum atomic E-state index is 14.5. The summed E-state index contributed by atoms with van der Waals surface area (Å²) in [5.74, 6) is -1.54. The monoisotopic (exact) mass is 465 g/mol. The summed E-state index contributed by atoms with van der Waals surface area (Å²) in [4.78, 5) is 20.7. The fourth-order valence-electron chi connectivity index (χ4n) is 3.48. The summed E-state index contributed by atoms with van der Waals surface area (Å²) in [7, 11) is 1.59. The van der Waals surface area contributed by atoms with Gasteiger partial charge < -0.3 is 15.2 Å². The molecule has 1 unspecified atom stereocenters. The number of benzene rings is 2. The highest BCUT2D eigenvalue weighted by atomic mass is 19.1. The molecule has 0 aliphatic rings. The van der Waals surface area contributed by atoms with Gasteiger partial charge in [0.15, 0.2) is 0 Å². The molecule has 4 rings (SSSR count). The van der Waals surface area contributed by atoms with Crippen LogP contribution in [-0.2, 0) is 16.9 Å². The normalized spacial score (nSPS) is 13.2. The summed E-state index contributed by atoms with van der Waals surface area (Å²) in [6.07, 6.45) is 5.38. The number of amides is 1. The summed E-state index contributed by atoms with van der Waals surface area (Å²) in [6, 6.07) is 11.9. The number of fused-ring (bicyclic) bond motifs is 1. The van der Waals surface area contributed by atoms with Crippen LogP contribution < -0.4 is 10.1 Å². The molecule has 0 spiro atoms. The van der Waals surface area contributed by atoms with Gasteiger partial charge in [-0.25, -0.2) is 23.4 Å². The molecule has 2 aromatic carbocycles. The van der Waals surface area contributed by atoms with Gasteiger partial charge in [-0.2, -0.15) is 5.10 Å². The first-order valence-electron chi connectivity index (χ1n) is 10.3. The lowest BCUT2D eigenvalue weighted by molar-refractivity contribution is -0.118. The van der Waals surface area contributed by atoms with E-state index in [2.05, 4.69) is 20.4 Å². The van der Waals surface area contributed by atoms with Crippen molar-refractivity contribution < 1.29 is 23.4 Å². The first kappa shape index (κ1) is 23.0. The van der Waals surface area contributed by atoms with E-state index in [1.165, 1.54) is 29.5 Å². The van der Waals surface area contributed by atoms with Crippen LogP contribution in [0.4, 0.5) is 8.78 Å². The van der Waals surface area contributed by atoms with E-state index in [4.69, 9.17) is 4.74 Å². The number of nitrogens with one attached hydrogen (secondary N) is 1. The van der Waals surface area contributed by atoms with Gasteiger partial charge >= 0.3 is 0 Å². The fraction of sp³-hybridized carbons (Fsp3) is 0.167. The number of hydrogen-bond acceptors (Lipinski definition) is 6. The van der Waals surface area contributed by atoms with Crippen molar-refractivity contribution in [1.82, 2.24) is 25.1 Å². The molecule has 10 heteroatoms. The number of halogens is 2. The Hall–Kier alpha value is -4.18. The molecular weight excluding hydrogens is 444 g/mol. The van der Waals surface area contributed by atoms with E-state index in [9.17, 15) is 18.7 Å². The standard InChI is InChI=1S/C24H21F2N5O3/c1-34-19-6-8-22-16(10-19)2-4-18(30-22)5-9-23(32)28-12-24(33,13-31-15-27-14-29-31)20-7-3-17(25)11-21(20)26/h2-11,14-15,33H,12-13H2,1H3,(H,28,32). The van der Waals surface area contributed by atoms with Crippen LogP contribution in [0.15, 0.2) is 67.3 Å². The highest BCUT2D eigenvalue weighted by Gasteiger charge is 2.34. The zero-order valence-electron chi connectivity index (χ0n) is 18.2. The number of hydrogen-bond donors (Lipinski definition) is 2. The van der Waals surface area contributed by atoms with Crippen LogP contribution in [0.2, 0.25) is 0 Å². The zero-order valence-corrected chi connectivity index (χ0v) is 18.2. The van der Waals surface area contributed by atoms with Crippen molar-refractivity contribution in [1.29, 1.82) is 0 Å². The molecule has 34 heavy (non-hydrogen) atoms. The van der Waals surface area contributed by atoms with Crippen molar-refractivity contribution in [3.63, 3.8) is 0 Å². The van der Waals surface area contributed by atoms with Gasteiger partial charge in [0.1, 0.15) is 35.6 Å². The van der Waals surface area contributed by atoms with Gasteiger partial charge in [-0.3, -0.25) is 4.79 Å². The Bertz CT molecular complexity index is 1340. The number of aromatic nitrogens is 4. The van der Waals surface area contributed by atoms with E-state index in [1.54, 1.807) is 19.2 Å². The third-order valence-corrected chi connectivity index (χ3v) is 5.20. The maximum Gasteiger partial charge on any atom is 0.244 e. The van der Waals surface area contributed by atoms with Crippen molar-refractivity contribution in [2.24, 2.45) is 0 Å². The predicted molar refractivity (Wildman–Crippen MR) is 121 cm³/mol. The first-order valence-corrected chi connectivity index (χ1v) is 10.3. The molecule has 0 radical (unpaired) electrons. The minimum absolute atomic E-state index is 0.180. The Balaban J connectivity index is 1.49. The van der Waals surface area contributed by atoms with E-state index >= 15 is 0 Å². The van der Waals surface area contributed by atoms with E-state index in [0.717, 1.165) is 23.0 Å². The quantitative estimate of drug-likeness (QED) is 0.388. The number of pyridine rings is 1. The van der Waals surface area contributed by atoms with Crippen molar-refractivity contribution in [3.8, 4) is 5.75 Å². The van der Waals surface area contributed by atoms with Crippen LogP contribution in [0.3, 0.4) is 0 Å². The Kier molecular flexibility index (Phi) is 6.60. The molecule has 2 N–H and O–H groups in total. The van der Waals surface area contributed by atoms with Gasteiger partial charge in [0.25, 0.3) is 0 Å². The van der Waals surface area contributed by atoms with Gasteiger partial charge in [-0.1, -0.05) is 12.1 Å². The molecule has 0 saturated heterocycles. The Morgan fingerprint density at radius 1 is 1.21 bits per heavy atom. The first-order chi connectivity index (χ1) is 16.4. The van der Waals surface area contributed by atoms with Gasteiger partial charge in [-0.05, 0) is 36.4 Å². The second-order valence-corrected chi connectivity index (χ2v) is 7.59. The third-order valence-electron chi connectivity index (χ3n) is 5.20. The summed E-state index contributed by atoms with van der Waals surface area (Å²) in [5.41, 5.74) is -0.803. The van der Waals surface area contributed by atoms with E-state index < -0.39 is 23.1 Å². The zero-order chi connectivity index (χ0) is 24.1. The molecule has 2 heterocycles. The molecule has 174 valence electrons. The van der Waals surface area contributed by atoms with Gasteiger partial charge in [-0.15, -0.1) is 0 Å². The van der Waals surface area contributed by atoms with Crippen LogP contribution in [0.1, 0.15) is 11.3 Å². The second-order valence-electron chi connectivity index (χ2n) is 7.59. The molecule has 0 bridgehead atoms. The number of ether oxygens (including phenoxy) is 1. The van der Waals surface area contributed by atoms with Crippen LogP contribution in [0.5, 0.6) is 5.75 Å². The van der Waals surface area contributed by atoms with Crippen LogP contribution in [0.25, 0.3) is 17.0 Å². The molecule has 0 aliphatic heterocycles. The topological polar surface area (TPSA) is 102 Å². The van der Waals surface area contributed by atoms with Crippen LogP contribution >= 0.6 is 0 Å². The maximum absolute atomic E-state index is 14.5. The highest BCUT2D eigenvalue weighted by molar-refractivity contribution is 5.92. The van der Waals surface area contributed by atoms with Crippen LogP contribution in [0, 0.1) is 11.6 Å². The Morgan fingerprint density at radius 3 is 2.79 bits per heavy atom. The second kappa shape index (κ2) is 9.75. The average molecular weight is 465 g/mol. The summed E-state index contributed by atoms with van der Waals surface area (Å²) < 4.78 is 34.3. The number of rotatable bonds is 8. The van der Waals surface area contributed by atoms with Crippen molar-refractivity contribution in [3.05, 3.63) is 90.2 Å². The Morgan fingerprint density at radius 2 is 2.06 bits per heavy atom. The lowest BCUT2D eigenvalue weighted by atomic mass is 9.92. The van der Waals surface area contributed by atoms with Crippen molar-refractivity contribution in [2.75, 3.05) is 13.7 Å². The average Bonchev–Trinajstić information content (AvgIpc) is 3.33. The number of nitrogens with zero attached hydrogens (tertiary/aromatic N) is 4. The lowest BCUT2D eigenvalue weighted by Crippen LogP contribution is -2.44. The van der Waals surface area contributed by atoms with Gasteiger partial charge in [0.2, 0.25) is 5.91 Å². The summed E-state index contributed by atoms with van der Waals surface area (Å²) in [5, 5.41) is 18.6. The summed E-state index contributed by atoms with van der Waals surface area (Å²) >= 11 is 0. The largest absolute Gasteiger partial charge is 0.497 e. The van der Waals surface area contributed by atoms with E-state index in [0.29, 0.717) is 17.5 Å². The third kappa shape index (κ3) is 5.24. The predicted octanol–water partition coefficient (Wildman–Crippen LogP) is 2.83. The molecule has 0 aliphatic carbocycles. The lowest BCUT2D eigenvalue weighted by Gasteiger charge is -2.29. The SMILES string of the molecule is COc1ccc2nc(C=CC(=O)NCC(O)(Cn3cncn3)c3ccc(F)cc3F)ccc2c1. The molecule has 1 amide bonds. The minimum atomic E-state index is -1.91. The number of carbonyl (C=O) groups excluding carboxylic acids is 1. The number of aliphatic hydroxyl groups is 1. The molecule has 8 nitrogen and oxygen atoms in total. The molecule has 0 saturated carbocycles. The fourth-order valence-corrected chi connectivity index (χ4v) is 3.48. The molecule has 1 atom stereocenters. The molecule has 0 fully saturated rings. The summed E-state index contributed by atoms with van der Waals surface area (Å²) in [6.45, 7) is -0.571. The van der Waals surface area contributed by atoms with Crippen molar-refractivity contribution >= 4 is 22.9 Å². The molecular formula is C24H21F2N5O3. The molecule has 2 aromatic heterocycles. The highest BCUT2D eigenvalue weighted by Crippen LogP contribution is 2.26. The minimum Gasteiger partial charge on any atom is -0.497 e.